The Morgan fingerprint density at radius 2 is 2.04 bits per heavy atom. The van der Waals surface area contributed by atoms with Crippen molar-refractivity contribution in [2.75, 3.05) is 0 Å². The maximum atomic E-state index is 13.2. The van der Waals surface area contributed by atoms with Crippen molar-refractivity contribution < 1.29 is 18.0 Å². The Kier molecular flexibility index (Phi) is 4.30. The number of carbonyl (C=O) groups excluding carboxylic acids is 1. The molecule has 0 aliphatic heterocycles. The fourth-order valence-electron chi connectivity index (χ4n) is 2.39. The second-order valence-electron chi connectivity index (χ2n) is 5.32. The molecule has 0 fully saturated rings. The number of rotatable bonds is 4. The van der Waals surface area contributed by atoms with Gasteiger partial charge in [0.2, 0.25) is 5.82 Å². The first kappa shape index (κ1) is 16.7. The number of alkyl halides is 3. The van der Waals surface area contributed by atoms with E-state index < -0.39 is 24.5 Å². The number of hydrazone groups is 1. The van der Waals surface area contributed by atoms with E-state index in [1.165, 1.54) is 12.1 Å². The van der Waals surface area contributed by atoms with Crippen LogP contribution < -0.4 is 5.43 Å². The van der Waals surface area contributed by atoms with Gasteiger partial charge >= 0.3 is 6.18 Å². The van der Waals surface area contributed by atoms with Gasteiger partial charge in [-0.05, 0) is 31.2 Å². The predicted octanol–water partition coefficient (Wildman–Crippen LogP) is 2.92. The number of fused-ring (bicyclic) bond motifs is 1. The van der Waals surface area contributed by atoms with Crippen LogP contribution in [-0.2, 0) is 17.5 Å². The highest BCUT2D eigenvalue weighted by molar-refractivity contribution is 5.97. The molecule has 9 heteroatoms. The van der Waals surface area contributed by atoms with E-state index in [0.717, 1.165) is 4.57 Å². The van der Waals surface area contributed by atoms with Crippen molar-refractivity contribution in [3.8, 4) is 0 Å². The first-order chi connectivity index (χ1) is 11.9. The summed E-state index contributed by atoms with van der Waals surface area (Å²) in [6, 6.07) is 9.65. The molecule has 0 aliphatic carbocycles. The lowest BCUT2D eigenvalue weighted by atomic mass is 10.3. The zero-order chi connectivity index (χ0) is 18.0. The minimum absolute atomic E-state index is 0.175. The lowest BCUT2D eigenvalue weighted by Crippen LogP contribution is -2.27. The number of amides is 1. The predicted molar refractivity (Wildman–Crippen MR) is 85.9 cm³/mol. The number of H-pyrrole nitrogens is 1. The van der Waals surface area contributed by atoms with Gasteiger partial charge in [-0.3, -0.25) is 4.79 Å². The van der Waals surface area contributed by atoms with Crippen LogP contribution in [0.5, 0.6) is 0 Å². The van der Waals surface area contributed by atoms with Crippen LogP contribution in [0.1, 0.15) is 18.4 Å². The van der Waals surface area contributed by atoms with Crippen LogP contribution in [0, 0.1) is 0 Å². The van der Waals surface area contributed by atoms with Crippen LogP contribution in [0.2, 0.25) is 0 Å². The van der Waals surface area contributed by atoms with Crippen molar-refractivity contribution in [1.82, 2.24) is 20.0 Å². The molecule has 130 valence electrons. The summed E-state index contributed by atoms with van der Waals surface area (Å²) in [5.41, 5.74) is 3.87. The monoisotopic (exact) mass is 349 g/mol. The highest BCUT2D eigenvalue weighted by Crippen LogP contribution is 2.31. The molecule has 2 N–H and O–H groups in total. The summed E-state index contributed by atoms with van der Waals surface area (Å²) in [7, 11) is 0. The van der Waals surface area contributed by atoms with E-state index in [9.17, 15) is 18.0 Å². The second-order valence-corrected chi connectivity index (χ2v) is 5.32. The summed E-state index contributed by atoms with van der Waals surface area (Å²) in [4.78, 5) is 18.6. The molecule has 6 nitrogen and oxygen atoms in total. The minimum atomic E-state index is -4.66. The Balaban J connectivity index is 1.85. The van der Waals surface area contributed by atoms with Crippen LogP contribution in [0.15, 0.2) is 47.7 Å². The molecule has 2 aromatic heterocycles. The quantitative estimate of drug-likeness (QED) is 0.561. The number of carbonyl (C=O) groups is 1. The van der Waals surface area contributed by atoms with E-state index in [0.29, 0.717) is 11.4 Å². The van der Waals surface area contributed by atoms with E-state index in [4.69, 9.17) is 0 Å². The lowest BCUT2D eigenvalue weighted by Gasteiger charge is -2.10. The number of hydrogen-bond acceptors (Lipinski definition) is 3. The van der Waals surface area contributed by atoms with Gasteiger partial charge in [0.15, 0.2) is 0 Å². The Bertz CT molecular complexity index is 925. The summed E-state index contributed by atoms with van der Waals surface area (Å²) in [5.74, 6) is -1.80. The molecular weight excluding hydrogens is 335 g/mol. The van der Waals surface area contributed by atoms with Gasteiger partial charge in [-0.15, -0.1) is 0 Å². The number of imidazole rings is 1. The van der Waals surface area contributed by atoms with Gasteiger partial charge in [0.25, 0.3) is 5.91 Å². The molecule has 0 atom stereocenters. The highest BCUT2D eigenvalue weighted by atomic mass is 19.4. The zero-order valence-corrected chi connectivity index (χ0v) is 13.1. The molecule has 0 aliphatic rings. The number of para-hydroxylation sites is 2. The number of nitrogens with zero attached hydrogens (tertiary/aromatic N) is 3. The average Bonchev–Trinajstić information content (AvgIpc) is 3.20. The van der Waals surface area contributed by atoms with Crippen molar-refractivity contribution >= 4 is 22.7 Å². The van der Waals surface area contributed by atoms with E-state index >= 15 is 0 Å². The summed E-state index contributed by atoms with van der Waals surface area (Å²) in [6.07, 6.45) is -2.97. The largest absolute Gasteiger partial charge is 0.449 e. The molecule has 2 heterocycles. The molecule has 3 rings (SSSR count). The fourth-order valence-corrected chi connectivity index (χ4v) is 2.39. The Hall–Kier alpha value is -3.10. The molecule has 0 saturated carbocycles. The maximum Gasteiger partial charge on any atom is 0.449 e. The van der Waals surface area contributed by atoms with Crippen molar-refractivity contribution in [2.24, 2.45) is 5.10 Å². The van der Waals surface area contributed by atoms with Gasteiger partial charge in [-0.1, -0.05) is 12.1 Å². The van der Waals surface area contributed by atoms with Crippen molar-refractivity contribution in [3.05, 3.63) is 54.1 Å². The van der Waals surface area contributed by atoms with Gasteiger partial charge in [-0.25, -0.2) is 10.4 Å². The number of hydrogen-bond donors (Lipinski definition) is 2. The van der Waals surface area contributed by atoms with Crippen LogP contribution >= 0.6 is 0 Å². The van der Waals surface area contributed by atoms with Crippen molar-refractivity contribution in [2.45, 2.75) is 19.6 Å². The Morgan fingerprint density at radius 1 is 1.28 bits per heavy atom. The van der Waals surface area contributed by atoms with E-state index in [-0.39, 0.29) is 11.0 Å². The molecule has 0 bridgehead atoms. The van der Waals surface area contributed by atoms with Gasteiger partial charge in [0, 0.05) is 6.20 Å². The molecule has 0 radical (unpaired) electrons. The molecule has 1 aromatic carbocycles. The molecule has 1 amide bonds. The van der Waals surface area contributed by atoms with Crippen molar-refractivity contribution in [1.29, 1.82) is 0 Å². The number of aromatic amines is 1. The minimum Gasteiger partial charge on any atom is -0.360 e. The maximum absolute atomic E-state index is 13.2. The average molecular weight is 349 g/mol. The number of halogens is 3. The van der Waals surface area contributed by atoms with Gasteiger partial charge in [-0.2, -0.15) is 18.3 Å². The van der Waals surface area contributed by atoms with E-state index in [1.54, 1.807) is 37.4 Å². The van der Waals surface area contributed by atoms with E-state index in [1.807, 2.05) is 0 Å². The third-order valence-corrected chi connectivity index (χ3v) is 3.55. The van der Waals surface area contributed by atoms with Crippen LogP contribution in [0.25, 0.3) is 11.0 Å². The summed E-state index contributed by atoms with van der Waals surface area (Å²) in [6.45, 7) is 1.12. The second kappa shape index (κ2) is 6.42. The van der Waals surface area contributed by atoms with Gasteiger partial charge in [0.05, 0.1) is 22.4 Å². The van der Waals surface area contributed by atoms with Crippen LogP contribution in [-0.4, -0.2) is 26.2 Å². The first-order valence-electron chi connectivity index (χ1n) is 7.35. The summed E-state index contributed by atoms with van der Waals surface area (Å²) < 4.78 is 40.4. The third-order valence-electron chi connectivity index (χ3n) is 3.55. The van der Waals surface area contributed by atoms with Crippen LogP contribution in [0.3, 0.4) is 0 Å². The molecule has 0 saturated heterocycles. The number of nitrogens with one attached hydrogen (secondary N) is 2. The van der Waals surface area contributed by atoms with Gasteiger partial charge in [0.1, 0.15) is 6.54 Å². The molecule has 0 unspecified atom stereocenters. The van der Waals surface area contributed by atoms with E-state index in [2.05, 4.69) is 20.5 Å². The zero-order valence-electron chi connectivity index (χ0n) is 13.1. The normalized spacial score (nSPS) is 12.6. The Labute approximate surface area is 140 Å². The first-order valence-corrected chi connectivity index (χ1v) is 7.35. The molecule has 0 spiro atoms. The summed E-state index contributed by atoms with van der Waals surface area (Å²) in [5, 5.41) is 3.89. The Morgan fingerprint density at radius 3 is 2.72 bits per heavy atom. The molecule has 3 aromatic rings. The topological polar surface area (TPSA) is 75.1 Å². The molecule has 25 heavy (non-hydrogen) atoms. The summed E-state index contributed by atoms with van der Waals surface area (Å²) >= 11 is 0. The standard InChI is InChI=1S/C16H14F3N5O/c1-10(11-6-4-8-20-11)22-23-14(25)9-24-13-7-3-2-5-12(13)21-15(24)16(17,18)19/h2-8,20H,9H2,1H3,(H,23,25)/b22-10+. The fraction of sp³-hybridized carbons (Fsp3) is 0.188. The smallest absolute Gasteiger partial charge is 0.360 e. The van der Waals surface area contributed by atoms with Gasteiger partial charge < -0.3 is 9.55 Å². The highest BCUT2D eigenvalue weighted by Gasteiger charge is 2.37. The SMILES string of the molecule is C/C(=N\NC(=O)Cn1c(C(F)(F)F)nc2ccccc21)c1ccc[nH]1. The number of benzene rings is 1. The van der Waals surface area contributed by atoms with Crippen molar-refractivity contribution in [3.63, 3.8) is 0 Å². The lowest BCUT2D eigenvalue weighted by molar-refractivity contribution is -0.147. The molecular formula is C16H14F3N5O. The third kappa shape index (κ3) is 3.54. The number of aromatic nitrogens is 3. The van der Waals surface area contributed by atoms with Crippen LogP contribution in [0.4, 0.5) is 13.2 Å².